The predicted octanol–water partition coefficient (Wildman–Crippen LogP) is 3.07. The van der Waals surface area contributed by atoms with E-state index >= 15 is 0 Å². The van der Waals surface area contributed by atoms with E-state index in [0.717, 1.165) is 43.6 Å². The first kappa shape index (κ1) is 16.2. The van der Waals surface area contributed by atoms with Crippen LogP contribution in [0, 0.1) is 5.82 Å². The minimum absolute atomic E-state index is 0.193. The molecule has 1 fully saturated rings. The van der Waals surface area contributed by atoms with Crippen LogP contribution in [0.5, 0.6) is 0 Å². The summed E-state index contributed by atoms with van der Waals surface area (Å²) in [5.74, 6) is -0.193. The van der Waals surface area contributed by atoms with Crippen LogP contribution in [0.15, 0.2) is 18.2 Å². The predicted molar refractivity (Wildman–Crippen MR) is 85.1 cm³/mol. The molecule has 2 rings (SSSR count). The molecule has 0 amide bonds. The molecule has 1 saturated heterocycles. The Morgan fingerprint density at radius 2 is 2.10 bits per heavy atom. The number of nitrogens with zero attached hydrogens (tertiary/aromatic N) is 1. The normalized spacial score (nSPS) is 23.4. The Morgan fingerprint density at radius 3 is 2.81 bits per heavy atom. The third-order valence-corrected chi connectivity index (χ3v) is 4.15. The van der Waals surface area contributed by atoms with Gasteiger partial charge in [0.05, 0.1) is 5.60 Å². The molecule has 2 N–H and O–H groups in total. The molecule has 118 valence electrons. The van der Waals surface area contributed by atoms with Crippen LogP contribution in [-0.2, 0) is 6.54 Å². The fraction of sp³-hybridized carbons (Fsp3) is 0.647. The highest BCUT2D eigenvalue weighted by atomic mass is 19.1. The van der Waals surface area contributed by atoms with Gasteiger partial charge in [0.25, 0.3) is 0 Å². The Hall–Kier alpha value is -1.13. The van der Waals surface area contributed by atoms with Gasteiger partial charge in [-0.1, -0.05) is 13.8 Å². The number of halogens is 1. The summed E-state index contributed by atoms with van der Waals surface area (Å²) < 4.78 is 13.6. The lowest BCUT2D eigenvalue weighted by Crippen LogP contribution is -2.30. The average molecular weight is 294 g/mol. The van der Waals surface area contributed by atoms with Crippen LogP contribution in [0.4, 0.5) is 10.1 Å². The molecule has 1 unspecified atom stereocenters. The number of hydrogen-bond donors (Lipinski definition) is 2. The molecule has 1 atom stereocenters. The van der Waals surface area contributed by atoms with Crippen molar-refractivity contribution in [1.82, 2.24) is 5.32 Å². The number of anilines is 1. The number of benzene rings is 1. The van der Waals surface area contributed by atoms with Crippen molar-refractivity contribution in [2.75, 3.05) is 18.0 Å². The highest BCUT2D eigenvalue weighted by molar-refractivity contribution is 5.54. The van der Waals surface area contributed by atoms with Gasteiger partial charge in [0, 0.05) is 31.4 Å². The van der Waals surface area contributed by atoms with Gasteiger partial charge >= 0.3 is 0 Å². The molecule has 3 nitrogen and oxygen atoms in total. The van der Waals surface area contributed by atoms with Crippen molar-refractivity contribution in [3.8, 4) is 0 Å². The average Bonchev–Trinajstić information content (AvgIpc) is 2.57. The molecule has 4 heteroatoms. The van der Waals surface area contributed by atoms with Crippen molar-refractivity contribution in [2.24, 2.45) is 0 Å². The first-order valence-electron chi connectivity index (χ1n) is 7.86. The zero-order chi connectivity index (χ0) is 15.5. The zero-order valence-electron chi connectivity index (χ0n) is 13.3. The van der Waals surface area contributed by atoms with Gasteiger partial charge in [0.2, 0.25) is 0 Å². The van der Waals surface area contributed by atoms with Crippen LogP contribution in [0.25, 0.3) is 0 Å². The van der Waals surface area contributed by atoms with Crippen LogP contribution in [0.1, 0.15) is 45.6 Å². The lowest BCUT2D eigenvalue weighted by molar-refractivity contribution is 0.0481. The van der Waals surface area contributed by atoms with Crippen molar-refractivity contribution in [1.29, 1.82) is 0 Å². The quantitative estimate of drug-likeness (QED) is 0.896. The van der Waals surface area contributed by atoms with Gasteiger partial charge in [-0.3, -0.25) is 0 Å². The molecule has 0 aliphatic carbocycles. The van der Waals surface area contributed by atoms with E-state index in [9.17, 15) is 9.50 Å². The van der Waals surface area contributed by atoms with Crippen molar-refractivity contribution < 1.29 is 9.50 Å². The Balaban J connectivity index is 2.17. The highest BCUT2D eigenvalue weighted by Crippen LogP contribution is 2.28. The SMILES string of the molecule is CC(C)NCc1cc(F)ccc1N1CCCC(C)(O)CC1. The molecule has 0 bridgehead atoms. The van der Waals surface area contributed by atoms with E-state index < -0.39 is 5.60 Å². The van der Waals surface area contributed by atoms with E-state index in [2.05, 4.69) is 24.1 Å². The van der Waals surface area contributed by atoms with Crippen molar-refractivity contribution in [2.45, 2.75) is 58.2 Å². The zero-order valence-corrected chi connectivity index (χ0v) is 13.3. The molecule has 0 aromatic heterocycles. The minimum Gasteiger partial charge on any atom is -0.390 e. The Bertz CT molecular complexity index is 474. The molecule has 1 aromatic rings. The first-order valence-corrected chi connectivity index (χ1v) is 7.86. The first-order chi connectivity index (χ1) is 9.87. The van der Waals surface area contributed by atoms with Crippen molar-refractivity contribution in [3.63, 3.8) is 0 Å². The van der Waals surface area contributed by atoms with Gasteiger partial charge in [-0.2, -0.15) is 0 Å². The van der Waals surface area contributed by atoms with Crippen LogP contribution in [0.2, 0.25) is 0 Å². The largest absolute Gasteiger partial charge is 0.390 e. The minimum atomic E-state index is -0.578. The van der Waals surface area contributed by atoms with E-state index in [0.29, 0.717) is 12.6 Å². The van der Waals surface area contributed by atoms with E-state index in [-0.39, 0.29) is 5.82 Å². The fourth-order valence-corrected chi connectivity index (χ4v) is 2.82. The number of hydrogen-bond acceptors (Lipinski definition) is 3. The number of rotatable bonds is 4. The highest BCUT2D eigenvalue weighted by Gasteiger charge is 2.25. The molecule has 21 heavy (non-hydrogen) atoms. The van der Waals surface area contributed by atoms with E-state index in [1.54, 1.807) is 6.07 Å². The standard InChI is InChI=1S/C17H27FN2O/c1-13(2)19-12-14-11-15(18)5-6-16(14)20-9-4-7-17(3,21)8-10-20/h5-6,11,13,19,21H,4,7-10,12H2,1-3H3. The maximum atomic E-state index is 13.6. The summed E-state index contributed by atoms with van der Waals surface area (Å²) in [6.07, 6.45) is 2.53. The molecule has 1 aliphatic heterocycles. The molecular formula is C17H27FN2O. The molecular weight excluding hydrogens is 267 g/mol. The summed E-state index contributed by atoms with van der Waals surface area (Å²) in [5.41, 5.74) is 1.50. The van der Waals surface area contributed by atoms with Crippen LogP contribution >= 0.6 is 0 Å². The van der Waals surface area contributed by atoms with Crippen LogP contribution in [0.3, 0.4) is 0 Å². The summed E-state index contributed by atoms with van der Waals surface area (Å²) in [7, 11) is 0. The molecule has 0 saturated carbocycles. The maximum Gasteiger partial charge on any atom is 0.123 e. The van der Waals surface area contributed by atoms with E-state index in [1.807, 2.05) is 13.0 Å². The molecule has 1 heterocycles. The van der Waals surface area contributed by atoms with Gasteiger partial charge < -0.3 is 15.3 Å². The summed E-state index contributed by atoms with van der Waals surface area (Å²) in [6.45, 7) is 8.47. The summed E-state index contributed by atoms with van der Waals surface area (Å²) in [5, 5.41) is 13.6. The maximum absolute atomic E-state index is 13.6. The lowest BCUT2D eigenvalue weighted by Gasteiger charge is -2.27. The molecule has 0 spiro atoms. The monoisotopic (exact) mass is 294 g/mol. The Kier molecular flexibility index (Phi) is 5.22. The second-order valence-corrected chi connectivity index (χ2v) is 6.65. The lowest BCUT2D eigenvalue weighted by atomic mass is 9.98. The number of aliphatic hydroxyl groups is 1. The second kappa shape index (κ2) is 6.75. The topological polar surface area (TPSA) is 35.5 Å². The second-order valence-electron chi connectivity index (χ2n) is 6.65. The van der Waals surface area contributed by atoms with Gasteiger partial charge in [-0.25, -0.2) is 4.39 Å². The van der Waals surface area contributed by atoms with Gasteiger partial charge in [-0.05, 0) is 49.9 Å². The number of nitrogens with one attached hydrogen (secondary N) is 1. The molecule has 0 radical (unpaired) electrons. The summed E-state index contributed by atoms with van der Waals surface area (Å²) >= 11 is 0. The third kappa shape index (κ3) is 4.68. The van der Waals surface area contributed by atoms with Gasteiger partial charge in [0.1, 0.15) is 5.82 Å². The fourth-order valence-electron chi connectivity index (χ4n) is 2.82. The molecule has 1 aliphatic rings. The van der Waals surface area contributed by atoms with Crippen molar-refractivity contribution >= 4 is 5.69 Å². The summed E-state index contributed by atoms with van der Waals surface area (Å²) in [6, 6.07) is 5.38. The van der Waals surface area contributed by atoms with Crippen LogP contribution < -0.4 is 10.2 Å². The third-order valence-electron chi connectivity index (χ3n) is 4.15. The van der Waals surface area contributed by atoms with Gasteiger partial charge in [0.15, 0.2) is 0 Å². The van der Waals surface area contributed by atoms with E-state index in [1.165, 1.54) is 6.07 Å². The molecule has 1 aromatic carbocycles. The Morgan fingerprint density at radius 1 is 1.33 bits per heavy atom. The van der Waals surface area contributed by atoms with E-state index in [4.69, 9.17) is 0 Å². The van der Waals surface area contributed by atoms with Crippen LogP contribution in [-0.4, -0.2) is 29.8 Å². The van der Waals surface area contributed by atoms with Gasteiger partial charge in [-0.15, -0.1) is 0 Å². The Labute approximate surface area is 127 Å². The smallest absolute Gasteiger partial charge is 0.123 e. The van der Waals surface area contributed by atoms with Crippen molar-refractivity contribution in [3.05, 3.63) is 29.6 Å². The summed E-state index contributed by atoms with van der Waals surface area (Å²) in [4.78, 5) is 2.28.